The second kappa shape index (κ2) is 7.95. The molecule has 2 aliphatic heterocycles. The van der Waals surface area contributed by atoms with Crippen LogP contribution in [0.3, 0.4) is 0 Å². The molecule has 0 aliphatic carbocycles. The lowest BCUT2D eigenvalue weighted by atomic mass is 9.92. The summed E-state index contributed by atoms with van der Waals surface area (Å²) in [6.07, 6.45) is 9.38. The molecule has 5 rings (SSSR count). The Balaban J connectivity index is 1.46. The van der Waals surface area contributed by atoms with Gasteiger partial charge in [0.1, 0.15) is 11.6 Å². The molecule has 33 heavy (non-hydrogen) atoms. The van der Waals surface area contributed by atoms with Crippen LogP contribution in [0.25, 0.3) is 5.69 Å². The SMILES string of the molecule is COc1cc(NC2=CC=CN3CC(C#N)(c4ccc(F)cc4)N=C23)ccc1-n1cnc(C)c1. The summed E-state index contributed by atoms with van der Waals surface area (Å²) in [5.74, 6) is 0.990. The third-order valence-electron chi connectivity index (χ3n) is 5.69. The fourth-order valence-electron chi connectivity index (χ4n) is 4.04. The van der Waals surface area contributed by atoms with Crippen LogP contribution in [-0.4, -0.2) is 33.9 Å². The van der Waals surface area contributed by atoms with E-state index in [1.165, 1.54) is 12.1 Å². The van der Waals surface area contributed by atoms with Crippen LogP contribution in [0.4, 0.5) is 10.1 Å². The van der Waals surface area contributed by atoms with Crippen molar-refractivity contribution in [2.75, 3.05) is 19.0 Å². The molecule has 0 radical (unpaired) electrons. The number of fused-ring (bicyclic) bond motifs is 1. The van der Waals surface area contributed by atoms with Crippen LogP contribution in [0.15, 0.2) is 84.0 Å². The molecule has 3 aromatic rings. The standard InChI is InChI=1S/C25H21FN6O/c1-17-13-32(16-28-17)22-10-9-20(12-23(22)33-2)29-21-4-3-11-31-15-25(14-27,30-24(21)31)18-5-7-19(26)8-6-18/h3-13,16,29H,15H2,1-2H3. The minimum absolute atomic E-state index is 0.347. The molecule has 2 aliphatic rings. The van der Waals surface area contributed by atoms with Crippen molar-refractivity contribution in [3.8, 4) is 17.5 Å². The van der Waals surface area contributed by atoms with Gasteiger partial charge in [-0.3, -0.25) is 0 Å². The van der Waals surface area contributed by atoms with Crippen molar-refractivity contribution in [2.45, 2.75) is 12.5 Å². The normalized spacial score (nSPS) is 18.9. The van der Waals surface area contributed by atoms with Crippen molar-refractivity contribution in [1.29, 1.82) is 5.26 Å². The molecule has 1 N–H and O–H groups in total. The number of hydrogen-bond donors (Lipinski definition) is 1. The molecule has 0 saturated heterocycles. The number of ether oxygens (including phenoxy) is 1. The average Bonchev–Trinajstić information content (AvgIpc) is 3.44. The lowest BCUT2D eigenvalue weighted by Crippen LogP contribution is -2.32. The van der Waals surface area contributed by atoms with E-state index in [9.17, 15) is 9.65 Å². The summed E-state index contributed by atoms with van der Waals surface area (Å²) >= 11 is 0. The quantitative estimate of drug-likeness (QED) is 0.641. The second-order valence-electron chi connectivity index (χ2n) is 7.90. The van der Waals surface area contributed by atoms with Crippen LogP contribution in [0, 0.1) is 24.1 Å². The largest absolute Gasteiger partial charge is 0.494 e. The van der Waals surface area contributed by atoms with Gasteiger partial charge >= 0.3 is 0 Å². The second-order valence-corrected chi connectivity index (χ2v) is 7.90. The van der Waals surface area contributed by atoms with Crippen LogP contribution >= 0.6 is 0 Å². The lowest BCUT2D eigenvalue weighted by Gasteiger charge is -2.23. The van der Waals surface area contributed by atoms with Crippen molar-refractivity contribution in [2.24, 2.45) is 4.99 Å². The molecule has 0 saturated carbocycles. The van der Waals surface area contributed by atoms with Gasteiger partial charge in [0.2, 0.25) is 0 Å². The van der Waals surface area contributed by atoms with Crippen LogP contribution < -0.4 is 10.1 Å². The summed E-state index contributed by atoms with van der Waals surface area (Å²) in [6, 6.07) is 14.1. The first kappa shape index (κ1) is 20.5. The number of methoxy groups -OCH3 is 1. The van der Waals surface area contributed by atoms with Crippen LogP contribution in [0.5, 0.6) is 5.75 Å². The number of rotatable bonds is 5. The number of hydrogen-bond acceptors (Lipinski definition) is 6. The molecule has 0 spiro atoms. The first-order valence-electron chi connectivity index (χ1n) is 10.4. The van der Waals surface area contributed by atoms with Gasteiger partial charge in [-0.15, -0.1) is 0 Å². The number of benzene rings is 2. The summed E-state index contributed by atoms with van der Waals surface area (Å²) in [6.45, 7) is 2.28. The molecule has 0 fully saturated rings. The smallest absolute Gasteiger partial charge is 0.191 e. The van der Waals surface area contributed by atoms with Gasteiger partial charge in [0, 0.05) is 24.2 Å². The molecular formula is C25H21FN6O. The number of imidazole rings is 1. The molecule has 1 atom stereocenters. The maximum Gasteiger partial charge on any atom is 0.191 e. The summed E-state index contributed by atoms with van der Waals surface area (Å²) in [4.78, 5) is 11.0. The number of anilines is 1. The van der Waals surface area contributed by atoms with Gasteiger partial charge in [-0.05, 0) is 48.9 Å². The van der Waals surface area contributed by atoms with Gasteiger partial charge in [-0.25, -0.2) is 14.4 Å². The van der Waals surface area contributed by atoms with E-state index in [4.69, 9.17) is 9.73 Å². The molecule has 2 aromatic carbocycles. The number of aryl methyl sites for hydroxylation is 1. The van der Waals surface area contributed by atoms with E-state index in [1.807, 2.05) is 59.1 Å². The first-order chi connectivity index (χ1) is 16.0. The number of nitrogens with one attached hydrogen (secondary N) is 1. The fourth-order valence-corrected chi connectivity index (χ4v) is 4.04. The number of allylic oxidation sites excluding steroid dienone is 2. The van der Waals surface area contributed by atoms with Crippen molar-refractivity contribution < 1.29 is 9.13 Å². The Morgan fingerprint density at radius 1 is 1.21 bits per heavy atom. The van der Waals surface area contributed by atoms with E-state index in [2.05, 4.69) is 16.4 Å². The Bertz CT molecular complexity index is 1350. The van der Waals surface area contributed by atoms with E-state index in [0.717, 1.165) is 22.8 Å². The lowest BCUT2D eigenvalue weighted by molar-refractivity contribution is 0.413. The zero-order valence-corrected chi connectivity index (χ0v) is 18.2. The minimum atomic E-state index is -1.11. The van der Waals surface area contributed by atoms with E-state index < -0.39 is 5.54 Å². The number of halogens is 1. The molecule has 0 bridgehead atoms. The summed E-state index contributed by atoms with van der Waals surface area (Å²) in [7, 11) is 1.63. The van der Waals surface area contributed by atoms with Crippen LogP contribution in [0.2, 0.25) is 0 Å². The van der Waals surface area contributed by atoms with Gasteiger partial charge < -0.3 is 19.5 Å². The molecule has 0 amide bonds. The predicted molar refractivity (Wildman–Crippen MR) is 124 cm³/mol. The Morgan fingerprint density at radius 2 is 2.03 bits per heavy atom. The Hall–Kier alpha value is -4.38. The number of aromatic nitrogens is 2. The monoisotopic (exact) mass is 440 g/mol. The van der Waals surface area contributed by atoms with E-state index in [-0.39, 0.29) is 5.82 Å². The zero-order chi connectivity index (χ0) is 23.0. The highest BCUT2D eigenvalue weighted by Gasteiger charge is 2.42. The third-order valence-corrected chi connectivity index (χ3v) is 5.69. The van der Waals surface area contributed by atoms with Gasteiger partial charge in [-0.2, -0.15) is 5.26 Å². The molecule has 1 unspecified atom stereocenters. The average molecular weight is 440 g/mol. The Kier molecular flexibility index (Phi) is 4.94. The number of aliphatic imine (C=N–C) groups is 1. The van der Waals surface area contributed by atoms with E-state index in [0.29, 0.717) is 23.7 Å². The summed E-state index contributed by atoms with van der Waals surface area (Å²) in [5.41, 5.74) is 2.90. The third kappa shape index (κ3) is 3.64. The van der Waals surface area contributed by atoms with Crippen molar-refractivity contribution in [3.05, 3.63) is 96.1 Å². The van der Waals surface area contributed by atoms with Gasteiger partial charge in [0.25, 0.3) is 0 Å². The number of nitriles is 1. The highest BCUT2D eigenvalue weighted by Crippen LogP contribution is 2.36. The van der Waals surface area contributed by atoms with Crippen molar-refractivity contribution in [1.82, 2.24) is 14.5 Å². The predicted octanol–water partition coefficient (Wildman–Crippen LogP) is 4.28. The minimum Gasteiger partial charge on any atom is -0.494 e. The van der Waals surface area contributed by atoms with E-state index >= 15 is 0 Å². The summed E-state index contributed by atoms with van der Waals surface area (Å²) in [5, 5.41) is 13.4. The first-order valence-corrected chi connectivity index (χ1v) is 10.4. The molecule has 7 nitrogen and oxygen atoms in total. The number of amidine groups is 1. The van der Waals surface area contributed by atoms with Crippen molar-refractivity contribution >= 4 is 11.5 Å². The maximum atomic E-state index is 13.4. The highest BCUT2D eigenvalue weighted by molar-refractivity contribution is 6.04. The maximum absolute atomic E-state index is 13.4. The van der Waals surface area contributed by atoms with Crippen LogP contribution in [0.1, 0.15) is 11.3 Å². The molecule has 8 heteroatoms. The Labute approximate surface area is 190 Å². The molecular weight excluding hydrogens is 419 g/mol. The molecule has 3 heterocycles. The van der Waals surface area contributed by atoms with Crippen molar-refractivity contribution in [3.63, 3.8) is 0 Å². The zero-order valence-electron chi connectivity index (χ0n) is 18.2. The molecule has 1 aromatic heterocycles. The van der Waals surface area contributed by atoms with Gasteiger partial charge in [0.05, 0.1) is 43.1 Å². The number of nitrogens with zero attached hydrogens (tertiary/aromatic N) is 5. The van der Waals surface area contributed by atoms with Crippen LogP contribution in [-0.2, 0) is 5.54 Å². The van der Waals surface area contributed by atoms with Gasteiger partial charge in [-0.1, -0.05) is 12.1 Å². The Morgan fingerprint density at radius 3 is 2.73 bits per heavy atom. The molecule has 164 valence electrons. The topological polar surface area (TPSA) is 78.5 Å². The summed E-state index contributed by atoms with van der Waals surface area (Å²) < 4.78 is 20.9. The fraction of sp³-hybridized carbons (Fsp3) is 0.160. The van der Waals surface area contributed by atoms with Gasteiger partial charge in [0.15, 0.2) is 11.4 Å². The highest BCUT2D eigenvalue weighted by atomic mass is 19.1. The van der Waals surface area contributed by atoms with E-state index in [1.54, 1.807) is 25.6 Å².